The van der Waals surface area contributed by atoms with Crippen molar-refractivity contribution in [3.63, 3.8) is 0 Å². The van der Waals surface area contributed by atoms with Crippen molar-refractivity contribution >= 4 is 22.6 Å². The zero-order valence-electron chi connectivity index (χ0n) is 7.25. The molecule has 0 bridgehead atoms. The van der Waals surface area contributed by atoms with Crippen molar-refractivity contribution in [3.05, 3.63) is 45.7 Å². The van der Waals surface area contributed by atoms with Gasteiger partial charge in [-0.1, -0.05) is 12.1 Å². The molecule has 0 amide bonds. The van der Waals surface area contributed by atoms with Gasteiger partial charge in [-0.05, 0) is 53.3 Å². The van der Waals surface area contributed by atoms with Gasteiger partial charge >= 0.3 is 0 Å². The molecule has 0 saturated heterocycles. The van der Waals surface area contributed by atoms with Gasteiger partial charge in [-0.2, -0.15) is 0 Å². The van der Waals surface area contributed by atoms with Crippen molar-refractivity contribution in [2.24, 2.45) is 0 Å². The van der Waals surface area contributed by atoms with Gasteiger partial charge in [0.15, 0.2) is 0 Å². The molecule has 0 aliphatic rings. The fourth-order valence-electron chi connectivity index (χ4n) is 1.19. The maximum Gasteiger partial charge on any atom is 0.133 e. The van der Waals surface area contributed by atoms with E-state index in [1.807, 2.05) is 12.1 Å². The van der Waals surface area contributed by atoms with E-state index in [-0.39, 0.29) is 0 Å². The smallest absolute Gasteiger partial charge is 0.133 e. The number of rotatable bonds is 1. The van der Waals surface area contributed by atoms with Crippen LogP contribution in [0.5, 0.6) is 0 Å². The second kappa shape index (κ2) is 3.54. The summed E-state index contributed by atoms with van der Waals surface area (Å²) >= 11 is 2.33. The largest absolute Gasteiger partial charge is 0.464 e. The van der Waals surface area contributed by atoms with Gasteiger partial charge in [0.2, 0.25) is 0 Å². The van der Waals surface area contributed by atoms with Gasteiger partial charge in [-0.3, -0.25) is 0 Å². The highest BCUT2D eigenvalue weighted by atomic mass is 127. The summed E-state index contributed by atoms with van der Waals surface area (Å²) in [5.41, 5.74) is 2.44. The molecule has 0 fully saturated rings. The highest BCUT2D eigenvalue weighted by molar-refractivity contribution is 14.1. The van der Waals surface area contributed by atoms with E-state index >= 15 is 0 Å². The molecule has 0 unspecified atom stereocenters. The Hall–Kier alpha value is -0.770. The van der Waals surface area contributed by atoms with Crippen molar-refractivity contribution in [1.82, 2.24) is 0 Å². The van der Waals surface area contributed by atoms with Crippen LogP contribution < -0.4 is 0 Å². The van der Waals surface area contributed by atoms with Gasteiger partial charge in [0.1, 0.15) is 5.76 Å². The Kier molecular flexibility index (Phi) is 2.40. The normalized spacial score (nSPS) is 10.3. The number of halogens is 1. The Morgan fingerprint density at radius 3 is 2.69 bits per heavy atom. The third-order valence-electron chi connectivity index (χ3n) is 1.98. The Morgan fingerprint density at radius 2 is 2.08 bits per heavy atom. The fourth-order valence-corrected chi connectivity index (χ4v) is 1.70. The lowest BCUT2D eigenvalue weighted by atomic mass is 10.1. The molecule has 1 heterocycles. The van der Waals surface area contributed by atoms with Crippen LogP contribution in [0, 0.1) is 10.5 Å². The Balaban J connectivity index is 2.49. The van der Waals surface area contributed by atoms with E-state index in [1.165, 1.54) is 9.13 Å². The number of furan rings is 1. The van der Waals surface area contributed by atoms with Crippen molar-refractivity contribution in [1.29, 1.82) is 0 Å². The topological polar surface area (TPSA) is 13.1 Å². The lowest BCUT2D eigenvalue weighted by Gasteiger charge is -2.00. The maximum absolute atomic E-state index is 5.31. The van der Waals surface area contributed by atoms with E-state index in [2.05, 4.69) is 47.7 Å². The predicted molar refractivity (Wildman–Crippen MR) is 61.6 cm³/mol. The second-order valence-electron chi connectivity index (χ2n) is 2.94. The van der Waals surface area contributed by atoms with Crippen LogP contribution in [0.25, 0.3) is 11.3 Å². The third-order valence-corrected chi connectivity index (χ3v) is 3.14. The van der Waals surface area contributed by atoms with Gasteiger partial charge in [0.05, 0.1) is 6.26 Å². The summed E-state index contributed by atoms with van der Waals surface area (Å²) in [4.78, 5) is 0. The Morgan fingerprint density at radius 1 is 1.23 bits per heavy atom. The highest BCUT2D eigenvalue weighted by Crippen LogP contribution is 2.23. The first-order valence-electron chi connectivity index (χ1n) is 4.07. The molecular weight excluding hydrogens is 275 g/mol. The average Bonchev–Trinajstić information content (AvgIpc) is 2.62. The minimum Gasteiger partial charge on any atom is -0.464 e. The van der Waals surface area contributed by atoms with Crippen molar-refractivity contribution in [2.45, 2.75) is 6.92 Å². The van der Waals surface area contributed by atoms with Crippen LogP contribution in [0.15, 0.2) is 41.0 Å². The standard InChI is InChI=1S/C11H9IO/c1-8-4-5-9(7-10(8)12)11-3-2-6-13-11/h2-7H,1H3. The van der Waals surface area contributed by atoms with Gasteiger partial charge in [-0.15, -0.1) is 0 Å². The molecule has 0 radical (unpaired) electrons. The summed E-state index contributed by atoms with van der Waals surface area (Å²) in [7, 11) is 0. The molecule has 2 rings (SSSR count). The number of hydrogen-bond acceptors (Lipinski definition) is 1. The third kappa shape index (κ3) is 1.77. The van der Waals surface area contributed by atoms with Crippen LogP contribution in [-0.4, -0.2) is 0 Å². The molecule has 0 N–H and O–H groups in total. The van der Waals surface area contributed by atoms with Crippen LogP contribution in [0.1, 0.15) is 5.56 Å². The molecule has 1 aromatic heterocycles. The van der Waals surface area contributed by atoms with Gasteiger partial charge in [0, 0.05) is 9.13 Å². The summed E-state index contributed by atoms with van der Waals surface area (Å²) in [5.74, 6) is 0.929. The zero-order valence-corrected chi connectivity index (χ0v) is 9.41. The van der Waals surface area contributed by atoms with Crippen molar-refractivity contribution in [3.8, 4) is 11.3 Å². The number of hydrogen-bond donors (Lipinski definition) is 0. The minimum atomic E-state index is 0.929. The summed E-state index contributed by atoms with van der Waals surface area (Å²) in [5, 5.41) is 0. The zero-order chi connectivity index (χ0) is 9.26. The van der Waals surface area contributed by atoms with E-state index in [9.17, 15) is 0 Å². The minimum absolute atomic E-state index is 0.929. The van der Waals surface area contributed by atoms with E-state index in [4.69, 9.17) is 4.42 Å². The molecule has 2 heteroatoms. The molecule has 1 nitrogen and oxygen atoms in total. The molecule has 0 saturated carbocycles. The van der Waals surface area contributed by atoms with Crippen molar-refractivity contribution in [2.75, 3.05) is 0 Å². The molecule has 2 aromatic rings. The lowest BCUT2D eigenvalue weighted by Crippen LogP contribution is -1.80. The average molecular weight is 284 g/mol. The van der Waals surface area contributed by atoms with Crippen molar-refractivity contribution < 1.29 is 4.42 Å². The van der Waals surface area contributed by atoms with E-state index in [0.717, 1.165) is 11.3 Å². The first kappa shape index (κ1) is 8.81. The fraction of sp³-hybridized carbons (Fsp3) is 0.0909. The Bertz CT molecular complexity index is 404. The number of aryl methyl sites for hydroxylation is 1. The molecule has 0 aliphatic carbocycles. The molecule has 0 spiro atoms. The predicted octanol–water partition coefficient (Wildman–Crippen LogP) is 3.86. The van der Waals surface area contributed by atoms with Gasteiger partial charge < -0.3 is 4.42 Å². The quantitative estimate of drug-likeness (QED) is 0.725. The monoisotopic (exact) mass is 284 g/mol. The SMILES string of the molecule is Cc1ccc(-c2ccco2)cc1I. The summed E-state index contributed by atoms with van der Waals surface area (Å²) in [6, 6.07) is 10.2. The summed E-state index contributed by atoms with van der Waals surface area (Å²) in [6.45, 7) is 2.10. The van der Waals surface area contributed by atoms with E-state index in [1.54, 1.807) is 6.26 Å². The maximum atomic E-state index is 5.31. The summed E-state index contributed by atoms with van der Waals surface area (Å²) < 4.78 is 6.58. The Labute approximate surface area is 90.9 Å². The van der Waals surface area contributed by atoms with Gasteiger partial charge in [-0.25, -0.2) is 0 Å². The second-order valence-corrected chi connectivity index (χ2v) is 4.10. The molecular formula is C11H9IO. The molecule has 13 heavy (non-hydrogen) atoms. The van der Waals surface area contributed by atoms with Crippen LogP contribution in [-0.2, 0) is 0 Å². The van der Waals surface area contributed by atoms with Crippen LogP contribution >= 0.6 is 22.6 Å². The van der Waals surface area contributed by atoms with Crippen LogP contribution in [0.2, 0.25) is 0 Å². The molecule has 0 atom stereocenters. The number of benzene rings is 1. The molecule has 66 valence electrons. The van der Waals surface area contributed by atoms with Crippen LogP contribution in [0.3, 0.4) is 0 Å². The van der Waals surface area contributed by atoms with Gasteiger partial charge in [0.25, 0.3) is 0 Å². The molecule has 0 aliphatic heterocycles. The van der Waals surface area contributed by atoms with Crippen LogP contribution in [0.4, 0.5) is 0 Å². The highest BCUT2D eigenvalue weighted by Gasteiger charge is 2.01. The first-order valence-corrected chi connectivity index (χ1v) is 5.15. The van der Waals surface area contributed by atoms with E-state index in [0.29, 0.717) is 0 Å². The van der Waals surface area contributed by atoms with E-state index < -0.39 is 0 Å². The summed E-state index contributed by atoms with van der Waals surface area (Å²) in [6.07, 6.45) is 1.70. The molecule has 1 aromatic carbocycles. The first-order chi connectivity index (χ1) is 6.27. The lowest BCUT2D eigenvalue weighted by molar-refractivity contribution is 0.582.